The zero-order chi connectivity index (χ0) is 17.7. The van der Waals surface area contributed by atoms with Gasteiger partial charge >= 0.3 is 0 Å². The fourth-order valence-electron chi connectivity index (χ4n) is 3.23. The molecule has 1 aromatic carbocycles. The Kier molecular flexibility index (Phi) is 6.80. The minimum atomic E-state index is -3.49. The van der Waals surface area contributed by atoms with Crippen molar-refractivity contribution in [3.63, 3.8) is 0 Å². The lowest BCUT2D eigenvalue weighted by molar-refractivity contribution is 0.0134. The first-order chi connectivity index (χ1) is 11.3. The summed E-state index contributed by atoms with van der Waals surface area (Å²) in [5, 5.41) is 0. The van der Waals surface area contributed by atoms with Crippen molar-refractivity contribution >= 4 is 10.0 Å². The predicted octanol–water partition coefficient (Wildman–Crippen LogP) is 2.33. The van der Waals surface area contributed by atoms with E-state index in [1.165, 1.54) is 0 Å². The molecular formula is C18H30N2O3S. The van der Waals surface area contributed by atoms with Crippen molar-refractivity contribution in [2.24, 2.45) is 5.92 Å². The molecule has 5 nitrogen and oxygen atoms in total. The quantitative estimate of drug-likeness (QED) is 0.816. The highest BCUT2D eigenvalue weighted by molar-refractivity contribution is 7.89. The third kappa shape index (κ3) is 5.28. The van der Waals surface area contributed by atoms with Crippen LogP contribution in [-0.2, 0) is 14.8 Å². The van der Waals surface area contributed by atoms with E-state index in [1.807, 2.05) is 26.0 Å². The van der Waals surface area contributed by atoms with Gasteiger partial charge in [0.05, 0.1) is 18.1 Å². The van der Waals surface area contributed by atoms with Crippen molar-refractivity contribution in [3.8, 4) is 0 Å². The number of rotatable bonds is 7. The van der Waals surface area contributed by atoms with Crippen LogP contribution in [-0.4, -0.2) is 52.2 Å². The van der Waals surface area contributed by atoms with E-state index >= 15 is 0 Å². The minimum Gasteiger partial charge on any atom is -0.379 e. The van der Waals surface area contributed by atoms with E-state index in [1.54, 1.807) is 6.07 Å². The lowest BCUT2D eigenvalue weighted by Crippen LogP contribution is -2.49. The van der Waals surface area contributed by atoms with Crippen molar-refractivity contribution in [1.82, 2.24) is 9.62 Å². The van der Waals surface area contributed by atoms with Crippen molar-refractivity contribution in [2.45, 2.75) is 45.1 Å². The number of ether oxygens (including phenoxy) is 1. The highest BCUT2D eigenvalue weighted by atomic mass is 32.2. The Hall–Kier alpha value is -0.950. The Labute approximate surface area is 146 Å². The zero-order valence-electron chi connectivity index (χ0n) is 15.2. The maximum absolute atomic E-state index is 12.7. The molecule has 0 spiro atoms. The molecule has 0 aliphatic carbocycles. The number of sulfonamides is 1. The third-order valence-corrected chi connectivity index (χ3v) is 6.02. The number of nitrogens with one attached hydrogen (secondary N) is 1. The SMILES string of the molecule is Cc1ccc(S(=O)(=O)NCC(CC(C)C)N2CCOCC2)c(C)c1. The van der Waals surface area contributed by atoms with Crippen LogP contribution in [0.3, 0.4) is 0 Å². The largest absolute Gasteiger partial charge is 0.379 e. The predicted molar refractivity (Wildman–Crippen MR) is 96.7 cm³/mol. The Morgan fingerprint density at radius 2 is 1.88 bits per heavy atom. The molecule has 24 heavy (non-hydrogen) atoms. The molecule has 0 radical (unpaired) electrons. The molecule has 1 heterocycles. The Bertz CT molecular complexity index is 638. The van der Waals surface area contributed by atoms with Gasteiger partial charge in [-0.05, 0) is 37.8 Å². The summed E-state index contributed by atoms with van der Waals surface area (Å²) in [5.41, 5.74) is 1.85. The van der Waals surface area contributed by atoms with Crippen LogP contribution in [0, 0.1) is 19.8 Å². The van der Waals surface area contributed by atoms with Crippen molar-refractivity contribution in [3.05, 3.63) is 29.3 Å². The molecule has 0 saturated carbocycles. The summed E-state index contributed by atoms with van der Waals surface area (Å²) in [6.07, 6.45) is 0.968. The topological polar surface area (TPSA) is 58.6 Å². The first-order valence-corrected chi connectivity index (χ1v) is 10.2. The maximum Gasteiger partial charge on any atom is 0.240 e. The van der Waals surface area contributed by atoms with E-state index in [4.69, 9.17) is 4.74 Å². The lowest BCUT2D eigenvalue weighted by atomic mass is 10.0. The van der Waals surface area contributed by atoms with E-state index in [2.05, 4.69) is 23.5 Å². The van der Waals surface area contributed by atoms with Gasteiger partial charge in [-0.25, -0.2) is 13.1 Å². The maximum atomic E-state index is 12.7. The number of aryl methyl sites for hydroxylation is 2. The van der Waals surface area contributed by atoms with Gasteiger partial charge in [-0.15, -0.1) is 0 Å². The summed E-state index contributed by atoms with van der Waals surface area (Å²) in [6.45, 7) is 11.8. The van der Waals surface area contributed by atoms with Gasteiger partial charge in [0.1, 0.15) is 0 Å². The summed E-state index contributed by atoms with van der Waals surface area (Å²) < 4.78 is 33.6. The van der Waals surface area contributed by atoms with Crippen LogP contribution in [0.25, 0.3) is 0 Å². The average Bonchev–Trinajstić information content (AvgIpc) is 2.51. The lowest BCUT2D eigenvalue weighted by Gasteiger charge is -2.35. The van der Waals surface area contributed by atoms with Gasteiger partial charge in [0.2, 0.25) is 10.0 Å². The van der Waals surface area contributed by atoms with Gasteiger partial charge in [-0.2, -0.15) is 0 Å². The molecule has 1 N–H and O–H groups in total. The van der Waals surface area contributed by atoms with Gasteiger partial charge in [0.15, 0.2) is 0 Å². The molecule has 1 unspecified atom stereocenters. The highest BCUT2D eigenvalue weighted by Gasteiger charge is 2.25. The normalized spacial score (nSPS) is 18.0. The molecule has 1 atom stereocenters. The number of nitrogens with zero attached hydrogens (tertiary/aromatic N) is 1. The summed E-state index contributed by atoms with van der Waals surface area (Å²) in [6, 6.07) is 5.64. The van der Waals surface area contributed by atoms with Crippen LogP contribution >= 0.6 is 0 Å². The Balaban J connectivity index is 2.08. The molecule has 1 aliphatic heterocycles. The molecule has 0 bridgehead atoms. The van der Waals surface area contributed by atoms with Crippen LogP contribution < -0.4 is 4.72 Å². The van der Waals surface area contributed by atoms with E-state index in [0.29, 0.717) is 17.4 Å². The molecule has 1 aliphatic rings. The first kappa shape index (κ1) is 19.4. The first-order valence-electron chi connectivity index (χ1n) is 8.68. The van der Waals surface area contributed by atoms with Crippen molar-refractivity contribution in [1.29, 1.82) is 0 Å². The van der Waals surface area contributed by atoms with E-state index in [0.717, 1.165) is 43.9 Å². The van der Waals surface area contributed by atoms with E-state index in [-0.39, 0.29) is 6.04 Å². The second-order valence-corrected chi connectivity index (χ2v) is 8.79. The molecule has 2 rings (SSSR count). The van der Waals surface area contributed by atoms with Gasteiger partial charge < -0.3 is 4.74 Å². The monoisotopic (exact) mass is 354 g/mol. The van der Waals surface area contributed by atoms with Crippen LogP contribution in [0.1, 0.15) is 31.4 Å². The third-order valence-electron chi connectivity index (χ3n) is 4.43. The molecule has 1 aromatic rings. The second kappa shape index (κ2) is 8.43. The van der Waals surface area contributed by atoms with E-state index < -0.39 is 10.0 Å². The van der Waals surface area contributed by atoms with Crippen LogP contribution in [0.15, 0.2) is 23.1 Å². The van der Waals surface area contributed by atoms with Crippen molar-refractivity contribution < 1.29 is 13.2 Å². The minimum absolute atomic E-state index is 0.203. The van der Waals surface area contributed by atoms with Gasteiger partial charge in [-0.1, -0.05) is 31.5 Å². The zero-order valence-corrected chi connectivity index (χ0v) is 16.0. The number of morpholine rings is 1. The van der Waals surface area contributed by atoms with Gasteiger partial charge in [0.25, 0.3) is 0 Å². The summed E-state index contributed by atoms with van der Waals surface area (Å²) in [4.78, 5) is 2.71. The molecule has 0 amide bonds. The standard InChI is InChI=1S/C18H30N2O3S/c1-14(2)11-17(20-7-9-23-10-8-20)13-19-24(21,22)18-6-5-15(3)12-16(18)4/h5-6,12,14,17,19H,7-11,13H2,1-4H3. The van der Waals surface area contributed by atoms with Crippen molar-refractivity contribution in [2.75, 3.05) is 32.8 Å². The summed E-state index contributed by atoms with van der Waals surface area (Å²) in [5.74, 6) is 0.517. The summed E-state index contributed by atoms with van der Waals surface area (Å²) in [7, 11) is -3.49. The van der Waals surface area contributed by atoms with Gasteiger partial charge in [-0.3, -0.25) is 4.90 Å². The molecule has 1 saturated heterocycles. The fraction of sp³-hybridized carbons (Fsp3) is 0.667. The second-order valence-electron chi connectivity index (χ2n) is 7.05. The van der Waals surface area contributed by atoms with E-state index in [9.17, 15) is 8.42 Å². The number of hydrogen-bond acceptors (Lipinski definition) is 4. The molecule has 0 aromatic heterocycles. The Morgan fingerprint density at radius 1 is 1.21 bits per heavy atom. The van der Waals surface area contributed by atoms with Crippen LogP contribution in [0.5, 0.6) is 0 Å². The molecule has 1 fully saturated rings. The smallest absolute Gasteiger partial charge is 0.240 e. The average molecular weight is 355 g/mol. The Morgan fingerprint density at radius 3 is 2.46 bits per heavy atom. The van der Waals surface area contributed by atoms with Crippen LogP contribution in [0.4, 0.5) is 0 Å². The molecule has 6 heteroatoms. The van der Waals surface area contributed by atoms with Gasteiger partial charge in [0, 0.05) is 25.7 Å². The van der Waals surface area contributed by atoms with Crippen LogP contribution in [0.2, 0.25) is 0 Å². The molecule has 136 valence electrons. The fourth-order valence-corrected chi connectivity index (χ4v) is 4.53. The number of hydrogen-bond donors (Lipinski definition) is 1. The number of benzene rings is 1. The highest BCUT2D eigenvalue weighted by Crippen LogP contribution is 2.18. The summed E-state index contributed by atoms with van der Waals surface area (Å²) >= 11 is 0. The molecular weight excluding hydrogens is 324 g/mol.